The molecule has 1 N–H and O–H groups in total. The van der Waals surface area contributed by atoms with Crippen LogP contribution in [0.3, 0.4) is 0 Å². The molecule has 2 aliphatic heterocycles. The lowest BCUT2D eigenvalue weighted by Crippen LogP contribution is -2.56. The van der Waals surface area contributed by atoms with E-state index >= 15 is 0 Å². The summed E-state index contributed by atoms with van der Waals surface area (Å²) >= 11 is 13.0. The van der Waals surface area contributed by atoms with Gasteiger partial charge in [-0.3, -0.25) is 9.69 Å². The second-order valence-electron chi connectivity index (χ2n) is 3.34. The highest BCUT2D eigenvalue weighted by molar-refractivity contribution is 8.00. The second kappa shape index (κ2) is 3.98. The van der Waals surface area contributed by atoms with Crippen molar-refractivity contribution in [1.29, 1.82) is 0 Å². The molecule has 0 spiro atoms. The number of thioether (sulfide) groups is 1. The van der Waals surface area contributed by atoms with Crippen LogP contribution < -0.4 is 0 Å². The van der Waals surface area contributed by atoms with Crippen molar-refractivity contribution in [3.05, 3.63) is 21.3 Å². The molecular weight excluding hydrogens is 273 g/mol. The maximum Gasteiger partial charge on any atom is 0.353 e. The molecule has 4 nitrogen and oxygen atoms in total. The third kappa shape index (κ3) is 1.54. The fourth-order valence-corrected chi connectivity index (χ4v) is 3.51. The Morgan fingerprint density at radius 3 is 2.75 bits per heavy atom. The highest BCUT2D eigenvalue weighted by Gasteiger charge is 2.50. The predicted molar refractivity (Wildman–Crippen MR) is 62.2 cm³/mol. The summed E-state index contributed by atoms with van der Waals surface area (Å²) in [5.41, 5.74) is 0.340. The highest BCUT2D eigenvalue weighted by Crippen LogP contribution is 2.45. The van der Waals surface area contributed by atoms with Gasteiger partial charge in [0, 0.05) is 10.8 Å². The first-order valence-corrected chi connectivity index (χ1v) is 6.19. The standard InChI is InChI=1S/C9H7Cl2NO3S/c1-3(10)5-7(13)12-6(9(14)15)4(11)2-16-8(5)12/h8H,2H2,1H3,(H,14,15)/t8-/m0/s1. The number of carbonyl (C=O) groups excluding carboxylic acids is 1. The van der Waals surface area contributed by atoms with Crippen LogP contribution in [0.2, 0.25) is 0 Å². The van der Waals surface area contributed by atoms with Crippen LogP contribution in [0.25, 0.3) is 0 Å². The molecule has 0 unspecified atom stereocenters. The van der Waals surface area contributed by atoms with Gasteiger partial charge in [0.25, 0.3) is 5.91 Å². The maximum atomic E-state index is 11.7. The number of hydrogen-bond acceptors (Lipinski definition) is 3. The van der Waals surface area contributed by atoms with Gasteiger partial charge in [0.2, 0.25) is 0 Å². The Hall–Kier alpha value is -0.650. The van der Waals surface area contributed by atoms with Gasteiger partial charge in [-0.15, -0.1) is 11.8 Å². The first-order valence-electron chi connectivity index (χ1n) is 4.38. The summed E-state index contributed by atoms with van der Waals surface area (Å²) in [5, 5.41) is 9.26. The van der Waals surface area contributed by atoms with Crippen molar-refractivity contribution in [3.8, 4) is 0 Å². The van der Waals surface area contributed by atoms with E-state index in [0.717, 1.165) is 0 Å². The summed E-state index contributed by atoms with van der Waals surface area (Å²) in [6, 6.07) is 0. The van der Waals surface area contributed by atoms with Gasteiger partial charge in [0.1, 0.15) is 11.1 Å². The van der Waals surface area contributed by atoms with Gasteiger partial charge in [-0.2, -0.15) is 0 Å². The number of carboxylic acids is 1. The molecule has 0 radical (unpaired) electrons. The number of fused-ring (bicyclic) bond motifs is 1. The summed E-state index contributed by atoms with van der Waals surface area (Å²) in [6.07, 6.45) is 0. The van der Waals surface area contributed by atoms with Crippen LogP contribution in [0, 0.1) is 0 Å². The molecule has 1 atom stereocenters. The average Bonchev–Trinajstić information content (AvgIpc) is 2.17. The van der Waals surface area contributed by atoms with Gasteiger partial charge in [-0.1, -0.05) is 23.2 Å². The van der Waals surface area contributed by atoms with Crippen LogP contribution in [-0.4, -0.2) is 33.0 Å². The van der Waals surface area contributed by atoms with E-state index in [1.54, 1.807) is 6.92 Å². The summed E-state index contributed by atoms with van der Waals surface area (Å²) in [6.45, 7) is 1.62. The Morgan fingerprint density at radius 2 is 2.25 bits per heavy atom. The molecule has 1 amide bonds. The third-order valence-electron chi connectivity index (χ3n) is 2.37. The quantitative estimate of drug-likeness (QED) is 0.589. The zero-order valence-corrected chi connectivity index (χ0v) is 10.5. The number of β-lactam (4-membered cyclic amide) rings is 1. The van der Waals surface area contributed by atoms with E-state index in [4.69, 9.17) is 28.3 Å². The minimum atomic E-state index is -1.19. The van der Waals surface area contributed by atoms with Crippen LogP contribution in [0.15, 0.2) is 21.3 Å². The second-order valence-corrected chi connectivity index (χ2v) is 5.44. The molecule has 0 bridgehead atoms. The van der Waals surface area contributed by atoms with Crippen molar-refractivity contribution in [2.75, 3.05) is 5.75 Å². The number of rotatable bonds is 1. The van der Waals surface area contributed by atoms with Gasteiger partial charge >= 0.3 is 5.97 Å². The minimum Gasteiger partial charge on any atom is -0.477 e. The summed E-state index contributed by atoms with van der Waals surface area (Å²) in [5.74, 6) is -1.18. The molecule has 0 aromatic heterocycles. The SMILES string of the molecule is CC(Cl)=C1C(=O)N2C(C(=O)O)=C(Cl)CS[C@@H]12. The molecule has 0 aromatic rings. The number of hydrogen-bond donors (Lipinski definition) is 1. The molecule has 1 fully saturated rings. The third-order valence-corrected chi connectivity index (χ3v) is 4.26. The van der Waals surface area contributed by atoms with Gasteiger partial charge in [-0.05, 0) is 6.92 Å². The van der Waals surface area contributed by atoms with Crippen molar-refractivity contribution >= 4 is 46.8 Å². The van der Waals surface area contributed by atoms with E-state index < -0.39 is 5.97 Å². The first kappa shape index (κ1) is 11.8. The van der Waals surface area contributed by atoms with E-state index in [2.05, 4.69) is 0 Å². The molecule has 16 heavy (non-hydrogen) atoms. The maximum absolute atomic E-state index is 11.7. The van der Waals surface area contributed by atoms with Crippen molar-refractivity contribution < 1.29 is 14.7 Å². The zero-order valence-electron chi connectivity index (χ0n) is 8.16. The molecule has 2 rings (SSSR count). The number of allylic oxidation sites excluding steroid dienone is 1. The molecule has 86 valence electrons. The van der Waals surface area contributed by atoms with Crippen LogP contribution >= 0.6 is 35.0 Å². The topological polar surface area (TPSA) is 57.6 Å². The number of carboxylic acid groups (broad SMARTS) is 1. The van der Waals surface area contributed by atoms with Gasteiger partial charge in [0.05, 0.1) is 10.6 Å². The lowest BCUT2D eigenvalue weighted by Gasteiger charge is -2.45. The molecule has 1 saturated heterocycles. The largest absolute Gasteiger partial charge is 0.477 e. The molecule has 7 heteroatoms. The summed E-state index contributed by atoms with van der Waals surface area (Å²) in [7, 11) is 0. The van der Waals surface area contributed by atoms with Gasteiger partial charge in [-0.25, -0.2) is 4.79 Å². The number of halogens is 2. The van der Waals surface area contributed by atoms with E-state index in [-0.39, 0.29) is 22.0 Å². The Morgan fingerprint density at radius 1 is 1.62 bits per heavy atom. The monoisotopic (exact) mass is 279 g/mol. The highest BCUT2D eigenvalue weighted by atomic mass is 35.5. The van der Waals surface area contributed by atoms with E-state index in [0.29, 0.717) is 16.4 Å². The van der Waals surface area contributed by atoms with E-state index in [9.17, 15) is 9.59 Å². The number of nitrogens with zero attached hydrogens (tertiary/aromatic N) is 1. The van der Waals surface area contributed by atoms with Crippen molar-refractivity contribution in [1.82, 2.24) is 4.90 Å². The summed E-state index contributed by atoms with van der Waals surface area (Å²) in [4.78, 5) is 23.9. The Bertz CT molecular complexity index is 454. The first-order chi connectivity index (χ1) is 7.45. The number of aliphatic carboxylic acids is 1. The molecule has 0 aromatic carbocycles. The van der Waals surface area contributed by atoms with Crippen LogP contribution in [0.4, 0.5) is 0 Å². The normalized spacial score (nSPS) is 27.6. The lowest BCUT2D eigenvalue weighted by atomic mass is 10.0. The van der Waals surface area contributed by atoms with Gasteiger partial charge < -0.3 is 5.11 Å². The molecular formula is C9H7Cl2NO3S. The van der Waals surface area contributed by atoms with Crippen molar-refractivity contribution in [2.45, 2.75) is 12.3 Å². The zero-order chi connectivity index (χ0) is 12.0. The Labute approximate surface area is 106 Å². The van der Waals surface area contributed by atoms with Crippen molar-refractivity contribution in [2.24, 2.45) is 0 Å². The average molecular weight is 280 g/mol. The number of amides is 1. The predicted octanol–water partition coefficient (Wildman–Crippen LogP) is 1.95. The summed E-state index contributed by atoms with van der Waals surface area (Å²) < 4.78 is 0. The van der Waals surface area contributed by atoms with Crippen LogP contribution in [0.1, 0.15) is 6.92 Å². The minimum absolute atomic E-state index is 0.128. The lowest BCUT2D eigenvalue weighted by molar-refractivity contribution is -0.141. The van der Waals surface area contributed by atoms with Crippen molar-refractivity contribution in [3.63, 3.8) is 0 Å². The molecule has 0 saturated carbocycles. The fraction of sp³-hybridized carbons (Fsp3) is 0.333. The smallest absolute Gasteiger partial charge is 0.353 e. The van der Waals surface area contributed by atoms with Crippen LogP contribution in [-0.2, 0) is 9.59 Å². The molecule has 2 heterocycles. The number of carbonyl (C=O) groups is 2. The van der Waals surface area contributed by atoms with Crippen LogP contribution in [0.5, 0.6) is 0 Å². The van der Waals surface area contributed by atoms with E-state index in [1.165, 1.54) is 16.7 Å². The van der Waals surface area contributed by atoms with Gasteiger partial charge in [0.15, 0.2) is 0 Å². The molecule has 0 aliphatic carbocycles. The van der Waals surface area contributed by atoms with E-state index in [1.807, 2.05) is 0 Å². The fourth-order valence-electron chi connectivity index (χ4n) is 1.67. The molecule has 2 aliphatic rings. The Kier molecular flexibility index (Phi) is 2.94. The Balaban J connectivity index is 2.43.